The summed E-state index contributed by atoms with van der Waals surface area (Å²) >= 11 is 0. The van der Waals surface area contributed by atoms with Gasteiger partial charge in [-0.05, 0) is 24.5 Å². The van der Waals surface area contributed by atoms with E-state index in [0.29, 0.717) is 18.2 Å². The van der Waals surface area contributed by atoms with E-state index in [4.69, 9.17) is 10.5 Å². The van der Waals surface area contributed by atoms with Crippen molar-refractivity contribution < 1.29 is 9.53 Å². The zero-order valence-electron chi connectivity index (χ0n) is 11.4. The van der Waals surface area contributed by atoms with Gasteiger partial charge < -0.3 is 15.8 Å². The number of amides is 1. The van der Waals surface area contributed by atoms with E-state index in [9.17, 15) is 4.79 Å². The molecule has 0 aliphatic carbocycles. The molecular weight excluding hydrogens is 230 g/mol. The molecule has 0 unspecified atom stereocenters. The molecule has 1 amide bonds. The van der Waals surface area contributed by atoms with Crippen molar-refractivity contribution in [3.8, 4) is 5.88 Å². The van der Waals surface area contributed by atoms with E-state index in [1.54, 1.807) is 18.3 Å². The Morgan fingerprint density at radius 2 is 2.22 bits per heavy atom. The molecule has 0 aliphatic heterocycles. The number of nitrogens with one attached hydrogen (secondary N) is 1. The predicted molar refractivity (Wildman–Crippen MR) is 71.5 cm³/mol. The molecule has 100 valence electrons. The van der Waals surface area contributed by atoms with Crippen LogP contribution in [0, 0.1) is 5.41 Å². The van der Waals surface area contributed by atoms with Crippen molar-refractivity contribution in [2.75, 3.05) is 11.9 Å². The van der Waals surface area contributed by atoms with E-state index in [2.05, 4.69) is 10.3 Å². The van der Waals surface area contributed by atoms with Crippen molar-refractivity contribution >= 4 is 11.6 Å². The van der Waals surface area contributed by atoms with E-state index in [1.165, 1.54) is 0 Å². The molecular formula is C13H21N3O2. The second kappa shape index (κ2) is 5.82. The summed E-state index contributed by atoms with van der Waals surface area (Å²) in [6, 6.07) is 2.89. The first-order valence-electron chi connectivity index (χ1n) is 6.00. The highest BCUT2D eigenvalue weighted by atomic mass is 16.5. The summed E-state index contributed by atoms with van der Waals surface area (Å²) in [5, 5.41) is 2.75. The van der Waals surface area contributed by atoms with E-state index in [-0.39, 0.29) is 11.3 Å². The van der Waals surface area contributed by atoms with Crippen LogP contribution in [0.1, 0.15) is 27.7 Å². The molecule has 0 aromatic carbocycles. The lowest BCUT2D eigenvalue weighted by molar-refractivity contribution is -0.119. The molecule has 0 fully saturated rings. The molecule has 5 heteroatoms. The molecule has 1 atom stereocenters. The summed E-state index contributed by atoms with van der Waals surface area (Å²) in [5.74, 6) is 0.172. The summed E-state index contributed by atoms with van der Waals surface area (Å²) in [7, 11) is 0. The van der Waals surface area contributed by atoms with Crippen LogP contribution in [0.2, 0.25) is 0 Å². The van der Waals surface area contributed by atoms with Crippen molar-refractivity contribution in [2.24, 2.45) is 11.1 Å². The molecule has 0 bridgehead atoms. The topological polar surface area (TPSA) is 77.2 Å². The molecule has 0 aliphatic rings. The fraction of sp³-hybridized carbons (Fsp3) is 0.538. The van der Waals surface area contributed by atoms with Gasteiger partial charge in [-0.25, -0.2) is 4.98 Å². The normalized spacial score (nSPS) is 12.9. The zero-order chi connectivity index (χ0) is 13.8. The number of carbonyl (C=O) groups is 1. The summed E-state index contributed by atoms with van der Waals surface area (Å²) in [5.41, 5.74) is 6.14. The third-order valence-electron chi connectivity index (χ3n) is 2.53. The lowest BCUT2D eigenvalue weighted by Gasteiger charge is -2.26. The molecule has 5 nitrogen and oxygen atoms in total. The van der Waals surface area contributed by atoms with Gasteiger partial charge in [0.1, 0.15) is 5.69 Å². The number of hydrogen-bond donors (Lipinski definition) is 2. The summed E-state index contributed by atoms with van der Waals surface area (Å²) in [4.78, 5) is 16.1. The van der Waals surface area contributed by atoms with Crippen LogP contribution in [0.5, 0.6) is 5.88 Å². The summed E-state index contributed by atoms with van der Waals surface area (Å²) in [6.07, 6.45) is 1.62. The third-order valence-corrected chi connectivity index (χ3v) is 2.53. The van der Waals surface area contributed by atoms with Crippen LogP contribution in [0.3, 0.4) is 0 Å². The number of pyridine rings is 1. The number of nitrogens with two attached hydrogens (primary N) is 1. The molecule has 18 heavy (non-hydrogen) atoms. The Kier molecular flexibility index (Phi) is 4.67. The minimum Gasteiger partial charge on any atom is -0.476 e. The molecule has 0 radical (unpaired) electrons. The standard InChI is InChI=1S/C13H21N3O2/c1-5-18-12-9(7-6-8-15-12)16-11(17)10(14)13(2,3)4/h6-8,10H,5,14H2,1-4H3,(H,16,17)/t10-/m0/s1. The van der Waals surface area contributed by atoms with Gasteiger partial charge in [0.05, 0.1) is 12.6 Å². The first-order valence-corrected chi connectivity index (χ1v) is 6.00. The van der Waals surface area contributed by atoms with Gasteiger partial charge in [0.15, 0.2) is 0 Å². The Labute approximate surface area is 108 Å². The zero-order valence-corrected chi connectivity index (χ0v) is 11.4. The molecule has 1 heterocycles. The van der Waals surface area contributed by atoms with Gasteiger partial charge in [-0.15, -0.1) is 0 Å². The number of carbonyl (C=O) groups excluding carboxylic acids is 1. The smallest absolute Gasteiger partial charge is 0.241 e. The number of aromatic nitrogens is 1. The second-order valence-electron chi connectivity index (χ2n) is 5.12. The third kappa shape index (κ3) is 3.70. The largest absolute Gasteiger partial charge is 0.476 e. The summed E-state index contributed by atoms with van der Waals surface area (Å²) < 4.78 is 5.34. The van der Waals surface area contributed by atoms with Gasteiger partial charge in [0.25, 0.3) is 0 Å². The highest BCUT2D eigenvalue weighted by Crippen LogP contribution is 2.23. The lowest BCUT2D eigenvalue weighted by atomic mass is 9.87. The Morgan fingerprint density at radius 1 is 1.56 bits per heavy atom. The fourth-order valence-corrected chi connectivity index (χ4v) is 1.34. The van der Waals surface area contributed by atoms with Gasteiger partial charge in [0, 0.05) is 6.20 Å². The molecule has 3 N–H and O–H groups in total. The quantitative estimate of drug-likeness (QED) is 0.855. The second-order valence-corrected chi connectivity index (χ2v) is 5.12. The Balaban J connectivity index is 2.82. The number of nitrogens with zero attached hydrogens (tertiary/aromatic N) is 1. The lowest BCUT2D eigenvalue weighted by Crippen LogP contribution is -2.45. The van der Waals surface area contributed by atoms with E-state index < -0.39 is 6.04 Å². The fourth-order valence-electron chi connectivity index (χ4n) is 1.34. The average molecular weight is 251 g/mol. The van der Waals surface area contributed by atoms with Crippen LogP contribution >= 0.6 is 0 Å². The van der Waals surface area contributed by atoms with Crippen LogP contribution in [0.4, 0.5) is 5.69 Å². The SMILES string of the molecule is CCOc1ncccc1NC(=O)[C@H](N)C(C)(C)C. The average Bonchev–Trinajstić information content (AvgIpc) is 2.29. The molecule has 1 rings (SSSR count). The highest BCUT2D eigenvalue weighted by molar-refractivity contribution is 5.96. The number of rotatable bonds is 4. The van der Waals surface area contributed by atoms with Gasteiger partial charge in [-0.3, -0.25) is 4.79 Å². The van der Waals surface area contributed by atoms with Gasteiger partial charge >= 0.3 is 0 Å². The van der Waals surface area contributed by atoms with Crippen molar-refractivity contribution in [2.45, 2.75) is 33.7 Å². The number of anilines is 1. The maximum Gasteiger partial charge on any atom is 0.241 e. The number of ether oxygens (including phenoxy) is 1. The molecule has 1 aromatic rings. The molecule has 0 spiro atoms. The Hall–Kier alpha value is -1.62. The monoisotopic (exact) mass is 251 g/mol. The Bertz CT molecular complexity index is 413. The minimum atomic E-state index is -0.591. The van der Waals surface area contributed by atoms with E-state index in [0.717, 1.165) is 0 Å². The van der Waals surface area contributed by atoms with Crippen molar-refractivity contribution in [3.63, 3.8) is 0 Å². The summed E-state index contributed by atoms with van der Waals surface area (Å²) in [6.45, 7) is 8.12. The highest BCUT2D eigenvalue weighted by Gasteiger charge is 2.28. The first kappa shape index (κ1) is 14.4. The maximum absolute atomic E-state index is 12.0. The van der Waals surface area contributed by atoms with Crippen LogP contribution in [0.25, 0.3) is 0 Å². The molecule has 1 aromatic heterocycles. The van der Waals surface area contributed by atoms with E-state index >= 15 is 0 Å². The Morgan fingerprint density at radius 3 is 2.78 bits per heavy atom. The van der Waals surface area contributed by atoms with Crippen LogP contribution < -0.4 is 15.8 Å². The molecule has 0 saturated heterocycles. The van der Waals surface area contributed by atoms with Crippen molar-refractivity contribution in [1.82, 2.24) is 4.98 Å². The first-order chi connectivity index (χ1) is 8.36. The van der Waals surface area contributed by atoms with Crippen molar-refractivity contribution in [1.29, 1.82) is 0 Å². The van der Waals surface area contributed by atoms with Crippen LogP contribution in [0.15, 0.2) is 18.3 Å². The van der Waals surface area contributed by atoms with Gasteiger partial charge in [-0.2, -0.15) is 0 Å². The number of hydrogen-bond acceptors (Lipinski definition) is 4. The van der Waals surface area contributed by atoms with E-state index in [1.807, 2.05) is 27.7 Å². The predicted octanol–water partition coefficient (Wildman–Crippen LogP) is 1.79. The van der Waals surface area contributed by atoms with Crippen molar-refractivity contribution in [3.05, 3.63) is 18.3 Å². The maximum atomic E-state index is 12.0. The van der Waals surface area contributed by atoms with Gasteiger partial charge in [-0.1, -0.05) is 20.8 Å². The van der Waals surface area contributed by atoms with Crippen LogP contribution in [-0.4, -0.2) is 23.5 Å². The van der Waals surface area contributed by atoms with Gasteiger partial charge in [0.2, 0.25) is 11.8 Å². The molecule has 0 saturated carbocycles. The minimum absolute atomic E-state index is 0.239. The van der Waals surface area contributed by atoms with Crippen LogP contribution in [-0.2, 0) is 4.79 Å².